The smallest absolute Gasteiger partial charge is 0.224 e. The second kappa shape index (κ2) is 3.32. The maximum Gasteiger partial charge on any atom is 0.224 e. The van der Waals surface area contributed by atoms with E-state index >= 15 is 0 Å². The third-order valence-corrected chi connectivity index (χ3v) is 3.60. The Morgan fingerprint density at radius 1 is 1.53 bits per heavy atom. The number of amides is 1. The van der Waals surface area contributed by atoms with E-state index in [2.05, 4.69) is 20.5 Å². The van der Waals surface area contributed by atoms with Crippen molar-refractivity contribution in [2.24, 2.45) is 17.8 Å². The number of nitrogens with one attached hydrogen (secondary N) is 2. The first kappa shape index (κ1) is 8.88. The molecule has 2 aliphatic rings. The first-order valence-corrected chi connectivity index (χ1v) is 5.48. The van der Waals surface area contributed by atoms with Crippen LogP contribution in [0.15, 0.2) is 6.33 Å². The molecular formula is C10H14N4O. The Bertz CT molecular complexity index is 352. The van der Waals surface area contributed by atoms with E-state index < -0.39 is 0 Å². The minimum atomic E-state index is 0.195. The summed E-state index contributed by atoms with van der Waals surface area (Å²) in [5.41, 5.74) is 0. The fourth-order valence-corrected chi connectivity index (χ4v) is 2.82. The fourth-order valence-electron chi connectivity index (χ4n) is 2.82. The van der Waals surface area contributed by atoms with Crippen molar-refractivity contribution in [3.8, 4) is 0 Å². The van der Waals surface area contributed by atoms with Gasteiger partial charge in [-0.25, -0.2) is 4.98 Å². The molecule has 3 rings (SSSR count). The molecule has 15 heavy (non-hydrogen) atoms. The lowest BCUT2D eigenvalue weighted by Crippen LogP contribution is -2.26. The topological polar surface area (TPSA) is 70.7 Å². The number of rotatable bonds is 3. The standard InChI is InChI=1S/C10H14N4O/c15-10(9-6-2-1-3-7(6)9)11-4-8-12-5-13-14-8/h5-7,9H,1-4H2,(H,11,15)(H,12,13,14). The molecule has 2 N–H and O–H groups in total. The van der Waals surface area contributed by atoms with Gasteiger partial charge in [-0.3, -0.25) is 9.89 Å². The molecule has 1 aromatic rings. The summed E-state index contributed by atoms with van der Waals surface area (Å²) in [5.74, 6) is 2.57. The van der Waals surface area contributed by atoms with Crippen LogP contribution in [0.25, 0.3) is 0 Å². The van der Waals surface area contributed by atoms with Crippen LogP contribution in [0.3, 0.4) is 0 Å². The summed E-state index contributed by atoms with van der Waals surface area (Å²) in [6, 6.07) is 0. The summed E-state index contributed by atoms with van der Waals surface area (Å²) in [7, 11) is 0. The minimum absolute atomic E-state index is 0.195. The molecule has 1 amide bonds. The SMILES string of the molecule is O=C(NCc1ncn[nH]1)C1C2CCCC21. The molecule has 80 valence electrons. The molecule has 0 saturated heterocycles. The summed E-state index contributed by atoms with van der Waals surface area (Å²) in [6.07, 6.45) is 5.24. The lowest BCUT2D eigenvalue weighted by molar-refractivity contribution is -0.123. The van der Waals surface area contributed by atoms with Gasteiger partial charge in [0.25, 0.3) is 0 Å². The largest absolute Gasteiger partial charge is 0.349 e. The predicted molar refractivity (Wildman–Crippen MR) is 52.6 cm³/mol. The van der Waals surface area contributed by atoms with E-state index in [1.54, 1.807) is 0 Å². The molecule has 0 radical (unpaired) electrons. The highest BCUT2D eigenvalue weighted by atomic mass is 16.2. The Hall–Kier alpha value is -1.39. The maximum absolute atomic E-state index is 11.7. The monoisotopic (exact) mass is 206 g/mol. The van der Waals surface area contributed by atoms with Crippen LogP contribution in [0, 0.1) is 17.8 Å². The summed E-state index contributed by atoms with van der Waals surface area (Å²) in [5, 5.41) is 9.36. The molecule has 0 bridgehead atoms. The maximum atomic E-state index is 11.7. The second-order valence-corrected chi connectivity index (χ2v) is 4.43. The molecule has 0 spiro atoms. The summed E-state index contributed by atoms with van der Waals surface area (Å²) < 4.78 is 0. The van der Waals surface area contributed by atoms with Crippen molar-refractivity contribution in [1.82, 2.24) is 20.5 Å². The zero-order valence-corrected chi connectivity index (χ0v) is 8.44. The molecule has 5 nitrogen and oxygen atoms in total. The lowest BCUT2D eigenvalue weighted by Gasteiger charge is -2.04. The average Bonchev–Trinajstić information content (AvgIpc) is 2.72. The first-order chi connectivity index (χ1) is 7.36. The number of hydrogen-bond acceptors (Lipinski definition) is 3. The highest BCUT2D eigenvalue weighted by Crippen LogP contribution is 2.57. The Balaban J connectivity index is 1.50. The van der Waals surface area contributed by atoms with Gasteiger partial charge in [0.1, 0.15) is 12.2 Å². The predicted octanol–water partition coefficient (Wildman–Crippen LogP) is 0.467. The van der Waals surface area contributed by atoms with E-state index in [0.717, 1.165) is 0 Å². The van der Waals surface area contributed by atoms with E-state index in [-0.39, 0.29) is 5.91 Å². The van der Waals surface area contributed by atoms with Gasteiger partial charge in [0, 0.05) is 5.92 Å². The highest BCUT2D eigenvalue weighted by Gasteiger charge is 2.56. The van der Waals surface area contributed by atoms with Crippen molar-refractivity contribution in [3.63, 3.8) is 0 Å². The molecular weight excluding hydrogens is 192 g/mol. The van der Waals surface area contributed by atoms with E-state index in [1.165, 1.54) is 25.6 Å². The van der Waals surface area contributed by atoms with Gasteiger partial charge < -0.3 is 5.32 Å². The van der Waals surface area contributed by atoms with Crippen LogP contribution < -0.4 is 5.32 Å². The second-order valence-electron chi connectivity index (χ2n) is 4.43. The number of nitrogens with zero attached hydrogens (tertiary/aromatic N) is 2. The molecule has 2 fully saturated rings. The molecule has 2 atom stereocenters. The van der Waals surface area contributed by atoms with Gasteiger partial charge in [-0.2, -0.15) is 5.10 Å². The number of H-pyrrole nitrogens is 1. The molecule has 0 aromatic carbocycles. The van der Waals surface area contributed by atoms with Gasteiger partial charge in [0.05, 0.1) is 6.54 Å². The normalized spacial score (nSPS) is 32.4. The van der Waals surface area contributed by atoms with Gasteiger partial charge in [-0.05, 0) is 24.7 Å². The molecule has 0 aliphatic heterocycles. The van der Waals surface area contributed by atoms with Gasteiger partial charge in [0.2, 0.25) is 5.91 Å². The van der Waals surface area contributed by atoms with Crippen LogP contribution in [-0.4, -0.2) is 21.1 Å². The van der Waals surface area contributed by atoms with Crippen LogP contribution in [-0.2, 0) is 11.3 Å². The number of carbonyl (C=O) groups is 1. The molecule has 5 heteroatoms. The summed E-state index contributed by atoms with van der Waals surface area (Å²) in [6.45, 7) is 0.467. The molecule has 2 aliphatic carbocycles. The molecule has 2 saturated carbocycles. The van der Waals surface area contributed by atoms with Crippen LogP contribution >= 0.6 is 0 Å². The average molecular weight is 206 g/mol. The van der Waals surface area contributed by atoms with Crippen molar-refractivity contribution in [1.29, 1.82) is 0 Å². The van der Waals surface area contributed by atoms with Crippen molar-refractivity contribution >= 4 is 5.91 Å². The van der Waals surface area contributed by atoms with Crippen molar-refractivity contribution in [3.05, 3.63) is 12.2 Å². The van der Waals surface area contributed by atoms with Crippen molar-refractivity contribution in [2.45, 2.75) is 25.8 Å². The quantitative estimate of drug-likeness (QED) is 0.755. The van der Waals surface area contributed by atoms with Gasteiger partial charge in [-0.15, -0.1) is 0 Å². The Labute approximate surface area is 87.7 Å². The first-order valence-electron chi connectivity index (χ1n) is 5.48. The highest BCUT2D eigenvalue weighted by molar-refractivity contribution is 5.82. The summed E-state index contributed by atoms with van der Waals surface area (Å²) >= 11 is 0. The number of aromatic amines is 1. The fraction of sp³-hybridized carbons (Fsp3) is 0.700. The van der Waals surface area contributed by atoms with Gasteiger partial charge in [-0.1, -0.05) is 6.42 Å². The molecule has 1 heterocycles. The molecule has 2 unspecified atom stereocenters. The van der Waals surface area contributed by atoms with Crippen LogP contribution in [0.1, 0.15) is 25.1 Å². The third kappa shape index (κ3) is 1.52. The van der Waals surface area contributed by atoms with E-state index in [0.29, 0.717) is 30.1 Å². The Morgan fingerprint density at radius 2 is 2.33 bits per heavy atom. The zero-order valence-electron chi connectivity index (χ0n) is 8.44. The molecule has 1 aromatic heterocycles. The Morgan fingerprint density at radius 3 is 3.00 bits per heavy atom. The van der Waals surface area contributed by atoms with Crippen LogP contribution in [0.5, 0.6) is 0 Å². The van der Waals surface area contributed by atoms with E-state index in [9.17, 15) is 4.79 Å². The van der Waals surface area contributed by atoms with Crippen molar-refractivity contribution in [2.75, 3.05) is 0 Å². The third-order valence-electron chi connectivity index (χ3n) is 3.60. The van der Waals surface area contributed by atoms with Crippen LogP contribution in [0.4, 0.5) is 0 Å². The number of fused-ring (bicyclic) bond motifs is 1. The van der Waals surface area contributed by atoms with E-state index in [4.69, 9.17) is 0 Å². The number of aromatic nitrogens is 3. The lowest BCUT2D eigenvalue weighted by atomic mass is 10.1. The van der Waals surface area contributed by atoms with Gasteiger partial charge in [0.15, 0.2) is 0 Å². The van der Waals surface area contributed by atoms with E-state index in [1.807, 2.05) is 0 Å². The Kier molecular flexibility index (Phi) is 1.97. The number of hydrogen-bond donors (Lipinski definition) is 2. The minimum Gasteiger partial charge on any atom is -0.349 e. The summed E-state index contributed by atoms with van der Waals surface area (Å²) in [4.78, 5) is 15.7. The van der Waals surface area contributed by atoms with Crippen LogP contribution in [0.2, 0.25) is 0 Å². The van der Waals surface area contributed by atoms with Crippen molar-refractivity contribution < 1.29 is 4.79 Å². The number of carbonyl (C=O) groups excluding carboxylic acids is 1. The zero-order chi connectivity index (χ0) is 10.3. The van der Waals surface area contributed by atoms with Gasteiger partial charge >= 0.3 is 0 Å².